The van der Waals surface area contributed by atoms with Crippen LogP contribution < -0.4 is 5.32 Å². The Kier molecular flexibility index (Phi) is 7.82. The molecule has 114 valence electrons. The van der Waals surface area contributed by atoms with Crippen molar-refractivity contribution in [3.63, 3.8) is 0 Å². The zero-order valence-corrected chi connectivity index (χ0v) is 13.4. The number of benzene rings is 1. The molecule has 0 heterocycles. The highest BCUT2D eigenvalue weighted by atomic mass is 16.5. The molecular formula is C17H29NO2. The Hall–Kier alpha value is -0.900. The predicted octanol–water partition coefficient (Wildman–Crippen LogP) is 3.52. The van der Waals surface area contributed by atoms with Gasteiger partial charge in [-0.15, -0.1) is 0 Å². The van der Waals surface area contributed by atoms with Gasteiger partial charge < -0.3 is 14.8 Å². The number of nitrogens with one attached hydrogen (secondary N) is 1. The summed E-state index contributed by atoms with van der Waals surface area (Å²) in [5.74, 6) is 0. The molecule has 3 heteroatoms. The molecule has 3 nitrogen and oxygen atoms in total. The van der Waals surface area contributed by atoms with Crippen LogP contribution in [-0.4, -0.2) is 25.9 Å². The lowest BCUT2D eigenvalue weighted by Gasteiger charge is -2.22. The van der Waals surface area contributed by atoms with Gasteiger partial charge in [-0.25, -0.2) is 0 Å². The van der Waals surface area contributed by atoms with Crippen LogP contribution in [0.15, 0.2) is 24.3 Å². The molecule has 0 aliphatic rings. The highest BCUT2D eigenvalue weighted by Crippen LogP contribution is 2.14. The van der Waals surface area contributed by atoms with Crippen LogP contribution in [0.1, 0.15) is 44.7 Å². The Morgan fingerprint density at radius 1 is 1.15 bits per heavy atom. The second kappa shape index (κ2) is 9.11. The number of hydrogen-bond donors (Lipinski definition) is 1. The third-order valence-electron chi connectivity index (χ3n) is 3.52. The molecule has 0 radical (unpaired) electrons. The van der Waals surface area contributed by atoms with Crippen molar-refractivity contribution in [3.8, 4) is 0 Å². The summed E-state index contributed by atoms with van der Waals surface area (Å²) in [4.78, 5) is 0. The van der Waals surface area contributed by atoms with Crippen LogP contribution in [0.3, 0.4) is 0 Å². The second-order valence-corrected chi connectivity index (χ2v) is 5.71. The van der Waals surface area contributed by atoms with E-state index in [1.807, 2.05) is 0 Å². The molecule has 0 saturated carbocycles. The van der Waals surface area contributed by atoms with Gasteiger partial charge in [0.15, 0.2) is 0 Å². The zero-order valence-electron chi connectivity index (χ0n) is 13.4. The van der Waals surface area contributed by atoms with Crippen LogP contribution >= 0.6 is 0 Å². The Labute approximate surface area is 123 Å². The molecule has 0 aromatic heterocycles. The molecule has 0 amide bonds. The molecule has 0 spiro atoms. The van der Waals surface area contributed by atoms with Crippen LogP contribution in [0.4, 0.5) is 0 Å². The average molecular weight is 279 g/mol. The average Bonchev–Trinajstić information content (AvgIpc) is 2.45. The first kappa shape index (κ1) is 17.2. The van der Waals surface area contributed by atoms with Crippen LogP contribution in [0.2, 0.25) is 0 Å². The van der Waals surface area contributed by atoms with E-state index in [4.69, 9.17) is 9.47 Å². The van der Waals surface area contributed by atoms with E-state index >= 15 is 0 Å². The maximum atomic E-state index is 5.80. The smallest absolute Gasteiger partial charge is 0.0720 e. The van der Waals surface area contributed by atoms with Gasteiger partial charge in [-0.1, -0.05) is 31.2 Å². The van der Waals surface area contributed by atoms with Gasteiger partial charge in [-0.05, 0) is 44.4 Å². The van der Waals surface area contributed by atoms with Gasteiger partial charge in [0.25, 0.3) is 0 Å². The number of hydrogen-bond acceptors (Lipinski definition) is 3. The molecule has 20 heavy (non-hydrogen) atoms. The molecule has 0 saturated heterocycles. The maximum absolute atomic E-state index is 5.80. The molecule has 1 N–H and O–H groups in total. The third kappa shape index (κ3) is 6.51. The van der Waals surface area contributed by atoms with E-state index in [1.165, 1.54) is 11.1 Å². The van der Waals surface area contributed by atoms with Crippen LogP contribution in [0, 0.1) is 0 Å². The molecular weight excluding hydrogens is 250 g/mol. The topological polar surface area (TPSA) is 30.5 Å². The van der Waals surface area contributed by atoms with Crippen molar-refractivity contribution < 1.29 is 9.47 Å². The van der Waals surface area contributed by atoms with Gasteiger partial charge in [0.1, 0.15) is 0 Å². The largest absolute Gasteiger partial charge is 0.379 e. The summed E-state index contributed by atoms with van der Waals surface area (Å²) in [6.07, 6.45) is 2.06. The summed E-state index contributed by atoms with van der Waals surface area (Å²) < 4.78 is 11.2. The van der Waals surface area contributed by atoms with Crippen molar-refractivity contribution in [1.82, 2.24) is 5.32 Å². The number of ether oxygens (including phenoxy) is 2. The fraction of sp³-hybridized carbons (Fsp3) is 0.647. The van der Waals surface area contributed by atoms with Crippen LogP contribution in [-0.2, 0) is 22.6 Å². The highest BCUT2D eigenvalue weighted by molar-refractivity contribution is 5.26. The Balaban J connectivity index is 2.39. The normalized spacial score (nSPS) is 11.8. The van der Waals surface area contributed by atoms with Gasteiger partial charge in [0.2, 0.25) is 0 Å². The number of methoxy groups -OCH3 is 1. The third-order valence-corrected chi connectivity index (χ3v) is 3.52. The van der Waals surface area contributed by atoms with Gasteiger partial charge >= 0.3 is 0 Å². The summed E-state index contributed by atoms with van der Waals surface area (Å²) in [5, 5.41) is 3.44. The van der Waals surface area contributed by atoms with E-state index in [0.717, 1.165) is 32.5 Å². The van der Waals surface area contributed by atoms with Crippen molar-refractivity contribution >= 4 is 0 Å². The molecule has 0 unspecified atom stereocenters. The van der Waals surface area contributed by atoms with Crippen molar-refractivity contribution in [2.75, 3.05) is 20.3 Å². The second-order valence-electron chi connectivity index (χ2n) is 5.71. The Bertz CT molecular complexity index is 377. The minimum absolute atomic E-state index is 0.109. The highest BCUT2D eigenvalue weighted by Gasteiger charge is 2.15. The Morgan fingerprint density at radius 2 is 1.85 bits per heavy atom. The summed E-state index contributed by atoms with van der Waals surface area (Å²) >= 11 is 0. The van der Waals surface area contributed by atoms with Crippen molar-refractivity contribution in [1.29, 1.82) is 0 Å². The monoisotopic (exact) mass is 279 g/mol. The lowest BCUT2D eigenvalue weighted by atomic mass is 10.1. The van der Waals surface area contributed by atoms with Gasteiger partial charge in [0, 0.05) is 20.3 Å². The maximum Gasteiger partial charge on any atom is 0.0720 e. The summed E-state index contributed by atoms with van der Waals surface area (Å²) in [6, 6.07) is 8.46. The summed E-state index contributed by atoms with van der Waals surface area (Å²) in [5.41, 5.74) is 2.49. The van der Waals surface area contributed by atoms with Crippen molar-refractivity contribution in [2.24, 2.45) is 0 Å². The SMILES string of the molecule is CCCNCc1ccccc1COCCC(C)(C)OC. The quantitative estimate of drug-likeness (QED) is 0.665. The van der Waals surface area contributed by atoms with Gasteiger partial charge in [-0.3, -0.25) is 0 Å². The summed E-state index contributed by atoms with van der Waals surface area (Å²) in [6.45, 7) is 9.70. The molecule has 1 rings (SSSR count). The molecule has 1 aromatic rings. The zero-order chi connectivity index (χ0) is 14.8. The summed E-state index contributed by atoms with van der Waals surface area (Å²) in [7, 11) is 1.74. The minimum Gasteiger partial charge on any atom is -0.379 e. The lowest BCUT2D eigenvalue weighted by Crippen LogP contribution is -2.24. The van der Waals surface area contributed by atoms with E-state index in [-0.39, 0.29) is 5.60 Å². The minimum atomic E-state index is -0.109. The first-order valence-corrected chi connectivity index (χ1v) is 7.49. The predicted molar refractivity (Wildman–Crippen MR) is 83.8 cm³/mol. The number of rotatable bonds is 10. The van der Waals surface area contributed by atoms with E-state index in [2.05, 4.69) is 50.4 Å². The first-order chi connectivity index (χ1) is 9.59. The van der Waals surface area contributed by atoms with E-state index < -0.39 is 0 Å². The van der Waals surface area contributed by atoms with Gasteiger partial charge in [-0.2, -0.15) is 0 Å². The van der Waals surface area contributed by atoms with E-state index in [9.17, 15) is 0 Å². The molecule has 0 aliphatic heterocycles. The molecule has 0 aliphatic carbocycles. The van der Waals surface area contributed by atoms with Crippen LogP contribution in [0.25, 0.3) is 0 Å². The van der Waals surface area contributed by atoms with E-state index in [0.29, 0.717) is 6.61 Å². The fourth-order valence-electron chi connectivity index (χ4n) is 1.87. The molecule has 1 aromatic carbocycles. The standard InChI is InChI=1S/C17H29NO2/c1-5-11-18-13-15-8-6-7-9-16(15)14-20-12-10-17(2,3)19-4/h6-9,18H,5,10-14H2,1-4H3. The van der Waals surface area contributed by atoms with Crippen molar-refractivity contribution in [2.45, 2.75) is 52.4 Å². The fourth-order valence-corrected chi connectivity index (χ4v) is 1.87. The molecule has 0 atom stereocenters. The van der Waals surface area contributed by atoms with Crippen molar-refractivity contribution in [3.05, 3.63) is 35.4 Å². The van der Waals surface area contributed by atoms with E-state index in [1.54, 1.807) is 7.11 Å². The van der Waals surface area contributed by atoms with Gasteiger partial charge in [0.05, 0.1) is 12.2 Å². The Morgan fingerprint density at radius 3 is 2.50 bits per heavy atom. The van der Waals surface area contributed by atoms with Crippen LogP contribution in [0.5, 0.6) is 0 Å². The molecule has 0 fully saturated rings. The first-order valence-electron chi connectivity index (χ1n) is 7.49. The molecule has 0 bridgehead atoms. The lowest BCUT2D eigenvalue weighted by molar-refractivity contribution is -0.0125.